The molecule has 0 bridgehead atoms. The van der Waals surface area contributed by atoms with Crippen LogP contribution in [0.2, 0.25) is 0 Å². The zero-order valence-corrected chi connectivity index (χ0v) is 22.8. The molecular weight excluding hydrogens is 514 g/mol. The summed E-state index contributed by atoms with van der Waals surface area (Å²) >= 11 is 0. The largest absolute Gasteiger partial charge is 0.480 e. The zero-order chi connectivity index (χ0) is 29.4. The van der Waals surface area contributed by atoms with E-state index in [1.165, 1.54) is 6.92 Å². The Bertz CT molecular complexity index is 1320. The van der Waals surface area contributed by atoms with Gasteiger partial charge >= 0.3 is 5.97 Å². The fourth-order valence-corrected chi connectivity index (χ4v) is 4.39. The summed E-state index contributed by atoms with van der Waals surface area (Å²) in [5.41, 5.74) is 8.53. The van der Waals surface area contributed by atoms with Gasteiger partial charge in [0, 0.05) is 23.5 Å². The highest BCUT2D eigenvalue weighted by Gasteiger charge is 2.33. The number of fused-ring (bicyclic) bond motifs is 1. The van der Waals surface area contributed by atoms with E-state index in [2.05, 4.69) is 20.9 Å². The lowest BCUT2D eigenvalue weighted by Crippen LogP contribution is -2.59. The summed E-state index contributed by atoms with van der Waals surface area (Å²) in [6.45, 7) is 4.74. The number of aromatic nitrogens is 1. The van der Waals surface area contributed by atoms with E-state index in [1.54, 1.807) is 20.0 Å². The van der Waals surface area contributed by atoms with Gasteiger partial charge in [-0.2, -0.15) is 0 Å². The summed E-state index contributed by atoms with van der Waals surface area (Å²) in [4.78, 5) is 54.3. The van der Waals surface area contributed by atoms with E-state index in [-0.39, 0.29) is 18.8 Å². The molecule has 1 heterocycles. The number of carbonyl (C=O) groups excluding carboxylic acids is 3. The molecule has 3 rings (SSSR count). The topological polar surface area (TPSA) is 187 Å². The molecule has 3 amide bonds. The van der Waals surface area contributed by atoms with Gasteiger partial charge < -0.3 is 36.9 Å². The van der Waals surface area contributed by atoms with Crippen LogP contribution in [0.5, 0.6) is 0 Å². The molecular formula is C29H37N5O6. The number of carboxylic acids is 1. The predicted octanol–water partition coefficient (Wildman–Crippen LogP) is 0.856. The second kappa shape index (κ2) is 13.7. The number of amides is 3. The molecule has 40 heavy (non-hydrogen) atoms. The highest BCUT2D eigenvalue weighted by Crippen LogP contribution is 2.19. The molecule has 0 aliphatic rings. The van der Waals surface area contributed by atoms with E-state index >= 15 is 0 Å². The van der Waals surface area contributed by atoms with Crippen molar-refractivity contribution in [1.29, 1.82) is 0 Å². The van der Waals surface area contributed by atoms with Crippen LogP contribution in [0.15, 0.2) is 60.8 Å². The first-order chi connectivity index (χ1) is 19.0. The molecule has 0 aliphatic carbocycles. The zero-order valence-electron chi connectivity index (χ0n) is 22.8. The Labute approximate surface area is 232 Å². The van der Waals surface area contributed by atoms with Gasteiger partial charge in [0.05, 0.1) is 12.1 Å². The molecule has 5 atom stereocenters. The summed E-state index contributed by atoms with van der Waals surface area (Å²) in [5, 5.41) is 27.8. The number of aromatic amines is 1. The maximum Gasteiger partial charge on any atom is 0.328 e. The Morgan fingerprint density at radius 2 is 1.45 bits per heavy atom. The number of nitrogens with one attached hydrogen (secondary N) is 4. The Kier molecular flexibility index (Phi) is 10.4. The number of carboxylic acid groups (broad SMARTS) is 1. The van der Waals surface area contributed by atoms with Crippen LogP contribution in [0.1, 0.15) is 31.9 Å². The van der Waals surface area contributed by atoms with Crippen LogP contribution in [0, 0.1) is 5.92 Å². The number of para-hydroxylation sites is 1. The van der Waals surface area contributed by atoms with Crippen LogP contribution in [0.25, 0.3) is 10.9 Å². The second-order valence-electron chi connectivity index (χ2n) is 10.2. The van der Waals surface area contributed by atoms with E-state index in [9.17, 15) is 29.4 Å². The van der Waals surface area contributed by atoms with Gasteiger partial charge in [-0.25, -0.2) is 4.79 Å². The monoisotopic (exact) mass is 551 g/mol. The molecule has 0 aliphatic heterocycles. The van der Waals surface area contributed by atoms with Crippen molar-refractivity contribution in [2.75, 3.05) is 0 Å². The summed E-state index contributed by atoms with van der Waals surface area (Å²) in [5.74, 6) is -3.70. The van der Waals surface area contributed by atoms with E-state index in [1.807, 2.05) is 54.6 Å². The summed E-state index contributed by atoms with van der Waals surface area (Å²) < 4.78 is 0. The van der Waals surface area contributed by atoms with Crippen LogP contribution < -0.4 is 21.7 Å². The predicted molar refractivity (Wildman–Crippen MR) is 150 cm³/mol. The van der Waals surface area contributed by atoms with Crippen molar-refractivity contribution < 1.29 is 29.4 Å². The number of H-pyrrole nitrogens is 1. The third-order valence-electron chi connectivity index (χ3n) is 6.66. The Hall–Kier alpha value is -4.22. The molecule has 0 spiro atoms. The van der Waals surface area contributed by atoms with Crippen LogP contribution in [0.3, 0.4) is 0 Å². The third-order valence-corrected chi connectivity index (χ3v) is 6.66. The first kappa shape index (κ1) is 30.3. The van der Waals surface area contributed by atoms with Crippen molar-refractivity contribution >= 4 is 34.6 Å². The van der Waals surface area contributed by atoms with Crippen LogP contribution in [-0.2, 0) is 32.0 Å². The lowest BCUT2D eigenvalue weighted by molar-refractivity contribution is -0.145. The highest BCUT2D eigenvalue weighted by molar-refractivity contribution is 5.95. The standard InChI is InChI=1S/C29H37N5O6/c1-16(2)24(33-26(36)21(30)13-18-9-5-4-6-10-18)28(38)32-23(27(37)34-25(17(3)35)29(39)40)14-19-15-31-22-12-8-7-11-20(19)22/h4-12,15-17,21,23-25,31,35H,13-14,30H2,1-3H3,(H,32,38)(H,33,36)(H,34,37)(H,39,40). The van der Waals surface area contributed by atoms with Gasteiger partial charge in [0.2, 0.25) is 17.7 Å². The summed E-state index contributed by atoms with van der Waals surface area (Å²) in [6, 6.07) is 12.0. The van der Waals surface area contributed by atoms with Gasteiger partial charge in [-0.1, -0.05) is 62.4 Å². The Balaban J connectivity index is 1.80. The van der Waals surface area contributed by atoms with Crippen molar-refractivity contribution in [3.05, 3.63) is 71.9 Å². The van der Waals surface area contributed by atoms with E-state index in [0.717, 1.165) is 22.0 Å². The van der Waals surface area contributed by atoms with Gasteiger partial charge in [-0.3, -0.25) is 14.4 Å². The molecule has 3 aromatic rings. The molecule has 5 unspecified atom stereocenters. The minimum Gasteiger partial charge on any atom is -0.480 e. The Morgan fingerprint density at radius 3 is 2.08 bits per heavy atom. The summed E-state index contributed by atoms with van der Waals surface area (Å²) in [6.07, 6.45) is 0.644. The van der Waals surface area contributed by atoms with Crippen LogP contribution in [0.4, 0.5) is 0 Å². The maximum absolute atomic E-state index is 13.4. The first-order valence-corrected chi connectivity index (χ1v) is 13.1. The van der Waals surface area contributed by atoms with Crippen LogP contribution in [-0.4, -0.2) is 69.2 Å². The molecule has 8 N–H and O–H groups in total. The SMILES string of the molecule is CC(C)C(NC(=O)C(N)Cc1ccccc1)C(=O)NC(Cc1c[nH]c2ccccc12)C(=O)NC(C(=O)O)C(C)O. The molecule has 0 saturated carbocycles. The second-order valence-corrected chi connectivity index (χ2v) is 10.2. The number of carbonyl (C=O) groups is 4. The first-order valence-electron chi connectivity index (χ1n) is 13.1. The van der Waals surface area contributed by atoms with Gasteiger partial charge in [-0.15, -0.1) is 0 Å². The average Bonchev–Trinajstić information content (AvgIpc) is 3.32. The summed E-state index contributed by atoms with van der Waals surface area (Å²) in [7, 11) is 0. The molecule has 0 radical (unpaired) electrons. The molecule has 0 fully saturated rings. The Morgan fingerprint density at radius 1 is 0.825 bits per heavy atom. The maximum atomic E-state index is 13.4. The van der Waals surface area contributed by atoms with E-state index in [0.29, 0.717) is 0 Å². The third kappa shape index (κ3) is 7.90. The smallest absolute Gasteiger partial charge is 0.328 e. The minimum absolute atomic E-state index is 0.0278. The van der Waals surface area contributed by atoms with Crippen molar-refractivity contribution in [2.24, 2.45) is 11.7 Å². The van der Waals surface area contributed by atoms with Crippen molar-refractivity contribution in [2.45, 2.75) is 63.9 Å². The quantitative estimate of drug-likeness (QED) is 0.164. The number of aliphatic hydroxyl groups is 1. The number of aliphatic hydroxyl groups excluding tert-OH is 1. The lowest BCUT2D eigenvalue weighted by atomic mass is 9.99. The number of nitrogens with two attached hydrogens (primary N) is 1. The van der Waals surface area contributed by atoms with Gasteiger partial charge in [0.15, 0.2) is 6.04 Å². The highest BCUT2D eigenvalue weighted by atomic mass is 16.4. The number of hydrogen-bond acceptors (Lipinski definition) is 6. The van der Waals surface area contributed by atoms with E-state index < -0.39 is 54.0 Å². The van der Waals surface area contributed by atoms with Crippen LogP contribution >= 0.6 is 0 Å². The molecule has 11 heteroatoms. The van der Waals surface area contributed by atoms with Gasteiger partial charge in [-0.05, 0) is 36.5 Å². The number of rotatable bonds is 13. The number of aliphatic carboxylic acids is 1. The minimum atomic E-state index is -1.58. The van der Waals surface area contributed by atoms with E-state index in [4.69, 9.17) is 5.73 Å². The molecule has 214 valence electrons. The number of benzene rings is 2. The fraction of sp³-hybridized carbons (Fsp3) is 0.379. The lowest BCUT2D eigenvalue weighted by Gasteiger charge is -2.27. The van der Waals surface area contributed by atoms with Gasteiger partial charge in [0.1, 0.15) is 12.1 Å². The fourth-order valence-electron chi connectivity index (χ4n) is 4.39. The number of hydrogen-bond donors (Lipinski definition) is 7. The molecule has 11 nitrogen and oxygen atoms in total. The average molecular weight is 552 g/mol. The molecule has 2 aromatic carbocycles. The van der Waals surface area contributed by atoms with Crippen molar-refractivity contribution in [3.63, 3.8) is 0 Å². The van der Waals surface area contributed by atoms with Crippen molar-refractivity contribution in [1.82, 2.24) is 20.9 Å². The van der Waals surface area contributed by atoms with Crippen molar-refractivity contribution in [3.8, 4) is 0 Å². The molecule has 1 aromatic heterocycles. The molecule has 0 saturated heterocycles. The normalized spacial score (nSPS) is 15.1. The van der Waals surface area contributed by atoms with Gasteiger partial charge in [0.25, 0.3) is 0 Å².